The molecule has 5 rings (SSSR count). The van der Waals surface area contributed by atoms with Crippen molar-refractivity contribution in [1.29, 1.82) is 0 Å². The van der Waals surface area contributed by atoms with Gasteiger partial charge < -0.3 is 4.74 Å². The number of aromatic amines is 1. The van der Waals surface area contributed by atoms with Crippen LogP contribution in [-0.4, -0.2) is 17.1 Å². The average molecular weight is 440 g/mol. The fourth-order valence-electron chi connectivity index (χ4n) is 5.53. The second-order valence-electron chi connectivity index (χ2n) is 9.27. The maximum atomic E-state index is 15.4. The van der Waals surface area contributed by atoms with E-state index in [4.69, 9.17) is 4.74 Å². The number of aromatic nitrogens is 3. The number of hydrogen-bond acceptors (Lipinski definition) is 2. The highest BCUT2D eigenvalue weighted by molar-refractivity contribution is 5.84. The van der Waals surface area contributed by atoms with Gasteiger partial charge in [-0.2, -0.15) is 4.57 Å². The Kier molecular flexibility index (Phi) is 4.87. The standard InChI is InChI=1S/C25H26F2N3O2/c1-4-6-25(3)13-18(21-14-29-9-7-28-23(29)24(31)32-21)17-11-16(26)12-19(27)22(17)20-10-15(2)5-8-30(20)25/h5,7-12,18,21H,4,6,13-14H2,1-3H3/q+1/p+1. The zero-order valence-corrected chi connectivity index (χ0v) is 18.5. The fourth-order valence-corrected chi connectivity index (χ4v) is 5.53. The summed E-state index contributed by atoms with van der Waals surface area (Å²) in [6.45, 7) is 6.67. The molecule has 0 radical (unpaired) electrons. The minimum atomic E-state index is -0.623. The number of ether oxygens (including phenoxy) is 1. The summed E-state index contributed by atoms with van der Waals surface area (Å²) in [5.74, 6) is -1.66. The van der Waals surface area contributed by atoms with E-state index in [0.717, 1.165) is 30.2 Å². The fraction of sp³-hybridized carbons (Fsp3) is 0.400. The number of H-pyrrole nitrogens is 1. The van der Waals surface area contributed by atoms with Gasteiger partial charge in [0.15, 0.2) is 11.7 Å². The number of halogens is 2. The Bertz CT molecular complexity index is 1220. The third-order valence-corrected chi connectivity index (χ3v) is 6.92. The first-order chi connectivity index (χ1) is 15.3. The maximum absolute atomic E-state index is 15.4. The molecule has 0 saturated carbocycles. The van der Waals surface area contributed by atoms with Gasteiger partial charge in [-0.25, -0.2) is 23.1 Å². The lowest BCUT2D eigenvalue weighted by Gasteiger charge is -2.32. The van der Waals surface area contributed by atoms with Gasteiger partial charge in [0.05, 0.1) is 5.56 Å². The van der Waals surface area contributed by atoms with E-state index in [-0.39, 0.29) is 11.5 Å². The molecule has 1 N–H and O–H groups in total. The number of pyridine rings is 1. The number of carbonyl (C=O) groups excluding carboxylic acids is 1. The number of aryl methyl sites for hydroxylation is 1. The number of nitrogens with zero attached hydrogens (tertiary/aromatic N) is 2. The van der Waals surface area contributed by atoms with Gasteiger partial charge in [0.1, 0.15) is 36.7 Å². The van der Waals surface area contributed by atoms with Crippen molar-refractivity contribution >= 4 is 5.97 Å². The van der Waals surface area contributed by atoms with Gasteiger partial charge in [-0.15, -0.1) is 0 Å². The number of imidazole rings is 1. The minimum Gasteiger partial charge on any atom is -0.448 e. The van der Waals surface area contributed by atoms with Crippen molar-refractivity contribution < 1.29 is 27.4 Å². The average Bonchev–Trinajstić information content (AvgIpc) is 3.17. The molecule has 32 heavy (non-hydrogen) atoms. The molecule has 0 aliphatic carbocycles. The predicted octanol–water partition coefficient (Wildman–Crippen LogP) is 4.09. The van der Waals surface area contributed by atoms with Gasteiger partial charge in [-0.05, 0) is 30.5 Å². The first-order valence-corrected chi connectivity index (χ1v) is 11.1. The van der Waals surface area contributed by atoms with Crippen molar-refractivity contribution in [2.75, 3.05) is 0 Å². The first-order valence-electron chi connectivity index (χ1n) is 11.1. The molecule has 166 valence electrons. The molecule has 2 aromatic heterocycles. The second-order valence-corrected chi connectivity index (χ2v) is 9.27. The molecule has 0 saturated heterocycles. The zero-order chi connectivity index (χ0) is 22.6. The molecule has 0 fully saturated rings. The van der Waals surface area contributed by atoms with E-state index in [9.17, 15) is 9.18 Å². The van der Waals surface area contributed by atoms with E-state index in [1.165, 1.54) is 6.07 Å². The van der Waals surface area contributed by atoms with Crippen LogP contribution in [0, 0.1) is 18.6 Å². The van der Waals surface area contributed by atoms with Gasteiger partial charge in [-0.3, -0.25) is 0 Å². The Morgan fingerprint density at radius 1 is 1.25 bits per heavy atom. The van der Waals surface area contributed by atoms with Gasteiger partial charge in [-0.1, -0.05) is 6.92 Å². The van der Waals surface area contributed by atoms with Crippen LogP contribution in [0.2, 0.25) is 0 Å². The smallest absolute Gasteiger partial charge is 0.422 e. The lowest BCUT2D eigenvalue weighted by atomic mass is 9.79. The predicted molar refractivity (Wildman–Crippen MR) is 113 cm³/mol. The molecule has 2 aliphatic heterocycles. The zero-order valence-electron chi connectivity index (χ0n) is 18.5. The van der Waals surface area contributed by atoms with Crippen LogP contribution in [0.3, 0.4) is 0 Å². The molecule has 3 aromatic rings. The van der Waals surface area contributed by atoms with Crippen LogP contribution in [0.25, 0.3) is 11.3 Å². The number of carbonyl (C=O) groups is 1. The van der Waals surface area contributed by atoms with Crippen LogP contribution in [0.1, 0.15) is 60.8 Å². The van der Waals surface area contributed by atoms with Crippen LogP contribution in [0.5, 0.6) is 0 Å². The summed E-state index contributed by atoms with van der Waals surface area (Å²) in [4.78, 5) is 15.6. The van der Waals surface area contributed by atoms with E-state index in [1.807, 2.05) is 29.8 Å². The highest BCUT2D eigenvalue weighted by Crippen LogP contribution is 2.44. The van der Waals surface area contributed by atoms with E-state index in [0.29, 0.717) is 29.9 Å². The number of hydrogen-bond donors (Lipinski definition) is 1. The van der Waals surface area contributed by atoms with Crippen molar-refractivity contribution in [3.63, 3.8) is 0 Å². The lowest BCUT2D eigenvalue weighted by Crippen LogP contribution is -2.57. The van der Waals surface area contributed by atoms with Gasteiger partial charge in [0.25, 0.3) is 0 Å². The van der Waals surface area contributed by atoms with E-state index in [2.05, 4.69) is 23.4 Å². The van der Waals surface area contributed by atoms with Crippen LogP contribution < -0.4 is 9.13 Å². The quantitative estimate of drug-likeness (QED) is 0.494. The molecule has 0 amide bonds. The Labute approximate surface area is 185 Å². The number of rotatable bonds is 3. The Hall–Kier alpha value is -3.09. The van der Waals surface area contributed by atoms with Crippen molar-refractivity contribution in [3.8, 4) is 11.3 Å². The van der Waals surface area contributed by atoms with Crippen LogP contribution >= 0.6 is 0 Å². The van der Waals surface area contributed by atoms with E-state index in [1.54, 1.807) is 12.4 Å². The number of cyclic esters (lactones) is 1. The van der Waals surface area contributed by atoms with Gasteiger partial charge >= 0.3 is 11.8 Å². The van der Waals surface area contributed by atoms with Crippen molar-refractivity contribution in [3.05, 3.63) is 71.4 Å². The van der Waals surface area contributed by atoms with Crippen LogP contribution in [0.15, 0.2) is 42.9 Å². The highest BCUT2D eigenvalue weighted by Gasteiger charge is 2.49. The summed E-state index contributed by atoms with van der Waals surface area (Å²) in [6, 6.07) is 6.33. The number of benzene rings is 1. The molecular formula is C25H27F2N3O2+2. The summed E-state index contributed by atoms with van der Waals surface area (Å²) in [5, 5.41) is 0. The molecule has 0 bridgehead atoms. The normalized spacial score (nSPS) is 24.2. The molecule has 2 aliphatic rings. The van der Waals surface area contributed by atoms with Crippen molar-refractivity contribution in [2.24, 2.45) is 0 Å². The van der Waals surface area contributed by atoms with Gasteiger partial charge in [0, 0.05) is 43.9 Å². The second kappa shape index (κ2) is 7.50. The van der Waals surface area contributed by atoms with E-state index >= 15 is 4.39 Å². The maximum Gasteiger partial charge on any atom is 0.422 e. The monoisotopic (exact) mass is 439 g/mol. The minimum absolute atomic E-state index is 0.361. The summed E-state index contributed by atoms with van der Waals surface area (Å²) in [5.41, 5.74) is 2.31. The highest BCUT2D eigenvalue weighted by atomic mass is 19.1. The Morgan fingerprint density at radius 2 is 2.06 bits per heavy atom. The first kappa shape index (κ1) is 20.8. The van der Waals surface area contributed by atoms with Gasteiger partial charge in [0.2, 0.25) is 5.69 Å². The molecular weight excluding hydrogens is 412 g/mol. The Morgan fingerprint density at radius 3 is 2.84 bits per heavy atom. The van der Waals surface area contributed by atoms with Crippen LogP contribution in [-0.2, 0) is 16.8 Å². The molecule has 7 heteroatoms. The Balaban J connectivity index is 1.74. The van der Waals surface area contributed by atoms with Crippen molar-refractivity contribution in [1.82, 2.24) is 4.98 Å². The summed E-state index contributed by atoms with van der Waals surface area (Å²) >= 11 is 0. The lowest BCUT2D eigenvalue weighted by molar-refractivity contribution is -0.754. The molecule has 1 aromatic carbocycles. The van der Waals surface area contributed by atoms with Crippen molar-refractivity contribution in [2.45, 2.75) is 64.1 Å². The van der Waals surface area contributed by atoms with E-state index < -0.39 is 23.7 Å². The molecule has 5 nitrogen and oxygen atoms in total. The van der Waals surface area contributed by atoms with Crippen LogP contribution in [0.4, 0.5) is 8.78 Å². The summed E-state index contributed by atoms with van der Waals surface area (Å²) < 4.78 is 39.7. The molecule has 3 unspecified atom stereocenters. The molecule has 3 atom stereocenters. The third-order valence-electron chi connectivity index (χ3n) is 6.92. The number of esters is 1. The molecule has 4 heterocycles. The SMILES string of the molecule is CCCC1(C)CC(C2C[n+]3cc[nH]c3C(=O)O2)c2cc(F)cc(F)c2-c2cc(C)cc[n+]21. The summed E-state index contributed by atoms with van der Waals surface area (Å²) in [6.07, 6.45) is 7.32. The largest absolute Gasteiger partial charge is 0.448 e. The topological polar surface area (TPSA) is 49.9 Å². The molecule has 0 spiro atoms. The number of fused-ring (bicyclic) bond motifs is 4. The third kappa shape index (κ3) is 3.22. The number of nitrogens with one attached hydrogen (secondary N) is 1. The summed E-state index contributed by atoms with van der Waals surface area (Å²) in [7, 11) is 0.